The molecule has 1 N–H and O–H groups in total. The molecule has 5 nitrogen and oxygen atoms in total. The molecule has 0 saturated carbocycles. The molecule has 0 bridgehead atoms. The monoisotopic (exact) mass is 254 g/mol. The molecule has 1 aromatic rings. The van der Waals surface area contributed by atoms with Crippen LogP contribution in [0.2, 0.25) is 0 Å². The highest BCUT2D eigenvalue weighted by atomic mass is 19.1. The number of hydrogen-bond acceptors (Lipinski definition) is 4. The topological polar surface area (TPSA) is 62.7 Å². The van der Waals surface area contributed by atoms with Gasteiger partial charge in [-0.05, 0) is 19.4 Å². The second kappa shape index (κ2) is 4.89. The molecule has 1 aromatic heterocycles. The van der Waals surface area contributed by atoms with Crippen molar-refractivity contribution in [2.75, 3.05) is 18.6 Å². The molecule has 1 aliphatic heterocycles. The summed E-state index contributed by atoms with van der Waals surface area (Å²) >= 11 is 0. The lowest BCUT2D eigenvalue weighted by atomic mass is 10.1. The van der Waals surface area contributed by atoms with E-state index in [2.05, 4.69) is 4.98 Å². The van der Waals surface area contributed by atoms with Crippen LogP contribution in [0.15, 0.2) is 12.3 Å². The van der Waals surface area contributed by atoms with E-state index in [4.69, 9.17) is 9.84 Å². The molecule has 2 atom stereocenters. The third kappa shape index (κ3) is 2.15. The predicted octanol–water partition coefficient (Wildman–Crippen LogP) is 1.53. The van der Waals surface area contributed by atoms with Crippen molar-refractivity contribution in [1.82, 2.24) is 4.98 Å². The van der Waals surface area contributed by atoms with Gasteiger partial charge in [-0.25, -0.2) is 14.2 Å². The van der Waals surface area contributed by atoms with Crippen LogP contribution in [-0.2, 0) is 4.74 Å². The summed E-state index contributed by atoms with van der Waals surface area (Å²) in [5.74, 6) is -2.04. The average molecular weight is 254 g/mol. The fourth-order valence-corrected chi connectivity index (χ4v) is 2.23. The van der Waals surface area contributed by atoms with Gasteiger partial charge in [0.25, 0.3) is 0 Å². The van der Waals surface area contributed by atoms with Crippen molar-refractivity contribution < 1.29 is 19.0 Å². The maximum atomic E-state index is 14.0. The molecule has 18 heavy (non-hydrogen) atoms. The highest BCUT2D eigenvalue weighted by molar-refractivity contribution is 5.88. The van der Waals surface area contributed by atoms with Crippen LogP contribution in [0.5, 0.6) is 0 Å². The summed E-state index contributed by atoms with van der Waals surface area (Å²) in [6, 6.07) is 1.17. The summed E-state index contributed by atoms with van der Waals surface area (Å²) in [6.45, 7) is 2.53. The minimum Gasteiger partial charge on any atom is -0.478 e. The van der Waals surface area contributed by atoms with Crippen molar-refractivity contribution in [2.24, 2.45) is 0 Å². The molecule has 1 aliphatic rings. The highest BCUT2D eigenvalue weighted by Crippen LogP contribution is 2.26. The van der Waals surface area contributed by atoms with Gasteiger partial charge in [0.2, 0.25) is 0 Å². The van der Waals surface area contributed by atoms with E-state index in [1.54, 1.807) is 11.9 Å². The zero-order chi connectivity index (χ0) is 13.3. The van der Waals surface area contributed by atoms with E-state index in [-0.39, 0.29) is 23.5 Å². The van der Waals surface area contributed by atoms with Gasteiger partial charge >= 0.3 is 5.97 Å². The van der Waals surface area contributed by atoms with Crippen molar-refractivity contribution in [2.45, 2.75) is 25.5 Å². The van der Waals surface area contributed by atoms with E-state index in [0.717, 1.165) is 12.5 Å². The third-order valence-electron chi connectivity index (χ3n) is 3.27. The molecular weight excluding hydrogens is 239 g/mol. The molecule has 0 spiro atoms. The summed E-state index contributed by atoms with van der Waals surface area (Å²) in [7, 11) is 1.70. The Labute approximate surface area is 104 Å². The number of anilines is 1. The Kier molecular flexibility index (Phi) is 3.47. The predicted molar refractivity (Wildman–Crippen MR) is 63.4 cm³/mol. The van der Waals surface area contributed by atoms with Gasteiger partial charge in [-0.1, -0.05) is 0 Å². The summed E-state index contributed by atoms with van der Waals surface area (Å²) in [5.41, 5.74) is -0.363. The molecule has 0 amide bonds. The fourth-order valence-electron chi connectivity index (χ4n) is 2.23. The lowest BCUT2D eigenvalue weighted by Gasteiger charge is -2.28. The number of hydrogen-bond donors (Lipinski definition) is 1. The maximum Gasteiger partial charge on any atom is 0.338 e. The molecule has 2 rings (SSSR count). The van der Waals surface area contributed by atoms with Crippen LogP contribution >= 0.6 is 0 Å². The smallest absolute Gasteiger partial charge is 0.338 e. The molecule has 98 valence electrons. The van der Waals surface area contributed by atoms with Gasteiger partial charge in [0, 0.05) is 19.9 Å². The lowest BCUT2D eigenvalue weighted by molar-refractivity contribution is 0.0691. The number of ether oxygens (including phenoxy) is 1. The number of nitrogens with zero attached hydrogens (tertiary/aromatic N) is 2. The first kappa shape index (κ1) is 12.8. The van der Waals surface area contributed by atoms with Crippen LogP contribution < -0.4 is 4.90 Å². The number of carbonyl (C=O) groups is 1. The van der Waals surface area contributed by atoms with E-state index < -0.39 is 11.8 Å². The lowest BCUT2D eigenvalue weighted by Crippen LogP contribution is -2.38. The molecule has 0 aliphatic carbocycles. The molecule has 0 aromatic carbocycles. The number of likely N-dealkylation sites (N-methyl/N-ethyl adjacent to an activating group) is 1. The van der Waals surface area contributed by atoms with Crippen LogP contribution in [-0.4, -0.2) is 41.9 Å². The largest absolute Gasteiger partial charge is 0.478 e. The van der Waals surface area contributed by atoms with Crippen molar-refractivity contribution in [3.63, 3.8) is 0 Å². The number of pyridine rings is 1. The third-order valence-corrected chi connectivity index (χ3v) is 3.27. The van der Waals surface area contributed by atoms with E-state index in [0.29, 0.717) is 6.61 Å². The van der Waals surface area contributed by atoms with Crippen molar-refractivity contribution >= 4 is 11.8 Å². The van der Waals surface area contributed by atoms with E-state index in [9.17, 15) is 9.18 Å². The molecule has 1 saturated heterocycles. The number of halogens is 1. The average Bonchev–Trinajstić information content (AvgIpc) is 2.74. The zero-order valence-corrected chi connectivity index (χ0v) is 10.3. The SMILES string of the molecule is CC1OCCC1N(C)c1nccc(C(=O)O)c1F. The van der Waals surface area contributed by atoms with Crippen LogP contribution in [0.4, 0.5) is 10.2 Å². The normalized spacial score (nSPS) is 23.1. The Balaban J connectivity index is 2.33. The minimum absolute atomic E-state index is 0.0102. The van der Waals surface area contributed by atoms with Crippen LogP contribution in [0.3, 0.4) is 0 Å². The van der Waals surface area contributed by atoms with Gasteiger partial charge in [0.1, 0.15) is 5.56 Å². The molecule has 0 radical (unpaired) electrons. The van der Waals surface area contributed by atoms with E-state index in [1.165, 1.54) is 6.20 Å². The Morgan fingerprint density at radius 1 is 1.67 bits per heavy atom. The quantitative estimate of drug-likeness (QED) is 0.886. The van der Waals surface area contributed by atoms with Gasteiger partial charge in [-0.2, -0.15) is 0 Å². The van der Waals surface area contributed by atoms with E-state index >= 15 is 0 Å². The molecule has 2 heterocycles. The number of rotatable bonds is 3. The van der Waals surface area contributed by atoms with Gasteiger partial charge in [-0.3, -0.25) is 0 Å². The molecular formula is C12H15FN2O3. The van der Waals surface area contributed by atoms with Gasteiger partial charge < -0.3 is 14.7 Å². The number of carboxylic acids is 1. The second-order valence-electron chi connectivity index (χ2n) is 4.34. The minimum atomic E-state index is -1.29. The van der Waals surface area contributed by atoms with Gasteiger partial charge in [0.15, 0.2) is 11.6 Å². The second-order valence-corrected chi connectivity index (χ2v) is 4.34. The maximum absolute atomic E-state index is 14.0. The fraction of sp³-hybridized carbons (Fsp3) is 0.500. The van der Waals surface area contributed by atoms with Gasteiger partial charge in [-0.15, -0.1) is 0 Å². The Bertz CT molecular complexity index is 467. The number of aromatic nitrogens is 1. The Hall–Kier alpha value is -1.69. The van der Waals surface area contributed by atoms with Crippen molar-refractivity contribution in [3.05, 3.63) is 23.6 Å². The standard InChI is InChI=1S/C12H15FN2O3/c1-7-9(4-6-18-7)15(2)11-10(13)8(12(16)17)3-5-14-11/h3,5,7,9H,4,6H2,1-2H3,(H,16,17). The molecule has 6 heteroatoms. The molecule has 1 fully saturated rings. The Morgan fingerprint density at radius 3 is 2.94 bits per heavy atom. The van der Waals surface area contributed by atoms with Crippen molar-refractivity contribution in [3.8, 4) is 0 Å². The van der Waals surface area contributed by atoms with Crippen LogP contribution in [0.25, 0.3) is 0 Å². The van der Waals surface area contributed by atoms with E-state index in [1.807, 2.05) is 6.92 Å². The van der Waals surface area contributed by atoms with Crippen LogP contribution in [0, 0.1) is 5.82 Å². The van der Waals surface area contributed by atoms with Gasteiger partial charge in [0.05, 0.1) is 12.1 Å². The summed E-state index contributed by atoms with van der Waals surface area (Å²) in [4.78, 5) is 16.5. The summed E-state index contributed by atoms with van der Waals surface area (Å²) in [6.07, 6.45) is 2.05. The number of carboxylic acid groups (broad SMARTS) is 1. The molecule has 2 unspecified atom stereocenters. The summed E-state index contributed by atoms with van der Waals surface area (Å²) < 4.78 is 19.4. The Morgan fingerprint density at radius 2 is 2.39 bits per heavy atom. The summed E-state index contributed by atoms with van der Waals surface area (Å²) in [5, 5.41) is 8.88. The highest BCUT2D eigenvalue weighted by Gasteiger charge is 2.30. The first-order valence-corrected chi connectivity index (χ1v) is 5.74. The van der Waals surface area contributed by atoms with Crippen molar-refractivity contribution in [1.29, 1.82) is 0 Å². The first-order valence-electron chi connectivity index (χ1n) is 5.74. The van der Waals surface area contributed by atoms with Crippen LogP contribution in [0.1, 0.15) is 23.7 Å². The first-order chi connectivity index (χ1) is 8.52. The number of aromatic carboxylic acids is 1. The zero-order valence-electron chi connectivity index (χ0n) is 10.3.